The molecule has 2 aromatic heterocycles. The number of carbonyl (C=O) groups is 1. The fraction of sp³-hybridized carbons (Fsp3) is 0.364. The summed E-state index contributed by atoms with van der Waals surface area (Å²) in [5, 5.41) is 4.51. The van der Waals surface area contributed by atoms with Gasteiger partial charge in [0.15, 0.2) is 0 Å². The predicted octanol–water partition coefficient (Wildman–Crippen LogP) is 5.10. The van der Waals surface area contributed by atoms with Gasteiger partial charge in [0.05, 0.1) is 12.6 Å². The lowest BCUT2D eigenvalue weighted by Crippen LogP contribution is -2.08. The van der Waals surface area contributed by atoms with E-state index < -0.39 is 0 Å². The zero-order valence-electron chi connectivity index (χ0n) is 16.0. The Kier molecular flexibility index (Phi) is 4.60. The Labute approximate surface area is 159 Å². The summed E-state index contributed by atoms with van der Waals surface area (Å²) in [6, 6.07) is 10.3. The Balaban J connectivity index is 1.67. The molecule has 27 heavy (non-hydrogen) atoms. The van der Waals surface area contributed by atoms with Gasteiger partial charge in [-0.3, -0.25) is 0 Å². The summed E-state index contributed by atoms with van der Waals surface area (Å²) in [6.45, 7) is 5.39. The summed E-state index contributed by atoms with van der Waals surface area (Å²) in [6.07, 6.45) is 6.32. The van der Waals surface area contributed by atoms with Gasteiger partial charge in [0.25, 0.3) is 0 Å². The van der Waals surface area contributed by atoms with Gasteiger partial charge in [-0.05, 0) is 59.9 Å². The van der Waals surface area contributed by atoms with Gasteiger partial charge in [-0.25, -0.2) is 9.78 Å². The third-order valence-electron chi connectivity index (χ3n) is 4.96. The van der Waals surface area contributed by atoms with Crippen LogP contribution >= 0.6 is 0 Å². The van der Waals surface area contributed by atoms with E-state index in [1.807, 2.05) is 18.3 Å². The van der Waals surface area contributed by atoms with Gasteiger partial charge in [-0.15, -0.1) is 0 Å². The molecule has 0 amide bonds. The van der Waals surface area contributed by atoms with E-state index in [1.165, 1.54) is 30.9 Å². The highest BCUT2D eigenvalue weighted by Gasteiger charge is 2.26. The number of methoxy groups -OCH3 is 1. The lowest BCUT2D eigenvalue weighted by Gasteiger charge is -2.13. The molecule has 0 atom stereocenters. The van der Waals surface area contributed by atoms with Gasteiger partial charge < -0.3 is 14.6 Å². The number of esters is 1. The molecule has 5 nitrogen and oxygen atoms in total. The van der Waals surface area contributed by atoms with Crippen LogP contribution in [0.5, 0.6) is 0 Å². The summed E-state index contributed by atoms with van der Waals surface area (Å²) >= 11 is 0. The first-order valence-corrected chi connectivity index (χ1v) is 9.49. The monoisotopic (exact) mass is 363 g/mol. The second-order valence-corrected chi connectivity index (χ2v) is 7.69. The van der Waals surface area contributed by atoms with Crippen molar-refractivity contribution in [3.8, 4) is 0 Å². The summed E-state index contributed by atoms with van der Waals surface area (Å²) < 4.78 is 7.23. The van der Waals surface area contributed by atoms with Crippen molar-refractivity contribution in [2.45, 2.75) is 39.2 Å². The van der Waals surface area contributed by atoms with E-state index in [-0.39, 0.29) is 5.97 Å². The Bertz CT molecular complexity index is 986. The van der Waals surface area contributed by atoms with Crippen molar-refractivity contribution < 1.29 is 9.53 Å². The Morgan fingerprint density at radius 3 is 2.81 bits per heavy atom. The summed E-state index contributed by atoms with van der Waals surface area (Å²) in [4.78, 5) is 16.8. The minimum Gasteiger partial charge on any atom is -0.465 e. The minimum absolute atomic E-state index is 0.364. The molecule has 5 heteroatoms. The van der Waals surface area contributed by atoms with Gasteiger partial charge in [0, 0.05) is 24.6 Å². The summed E-state index contributed by atoms with van der Waals surface area (Å²) in [7, 11) is 1.40. The minimum atomic E-state index is -0.364. The van der Waals surface area contributed by atoms with Crippen LogP contribution in [0.1, 0.15) is 48.5 Å². The molecule has 1 aliphatic rings. The van der Waals surface area contributed by atoms with Crippen molar-refractivity contribution >= 4 is 28.4 Å². The molecular weight excluding hydrogens is 338 g/mol. The molecule has 3 aromatic rings. The third-order valence-corrected chi connectivity index (χ3v) is 4.96. The Hall–Kier alpha value is -2.82. The second-order valence-electron chi connectivity index (χ2n) is 7.69. The third kappa shape index (κ3) is 3.68. The van der Waals surface area contributed by atoms with Gasteiger partial charge in [-0.2, -0.15) is 0 Å². The predicted molar refractivity (Wildman–Crippen MR) is 108 cm³/mol. The fourth-order valence-corrected chi connectivity index (χ4v) is 3.44. The maximum Gasteiger partial charge on any atom is 0.341 e. The van der Waals surface area contributed by atoms with Crippen molar-refractivity contribution in [3.05, 3.63) is 53.9 Å². The Morgan fingerprint density at radius 1 is 1.30 bits per heavy atom. The molecule has 140 valence electrons. The SMILES string of the molecule is COC(=O)c1cc(C2CC2)cnc1Nc1ccc2ccn(CC(C)C)c2c1. The first-order chi connectivity index (χ1) is 13.0. The number of anilines is 2. The molecule has 2 heterocycles. The van der Waals surface area contributed by atoms with Crippen LogP contribution in [-0.4, -0.2) is 22.6 Å². The van der Waals surface area contributed by atoms with Crippen LogP contribution in [0.2, 0.25) is 0 Å². The molecule has 1 fully saturated rings. The summed E-state index contributed by atoms with van der Waals surface area (Å²) in [5.74, 6) is 1.27. The molecule has 0 saturated heterocycles. The molecule has 1 aliphatic carbocycles. The zero-order chi connectivity index (χ0) is 19.0. The molecule has 1 N–H and O–H groups in total. The van der Waals surface area contributed by atoms with Crippen LogP contribution in [-0.2, 0) is 11.3 Å². The van der Waals surface area contributed by atoms with Crippen LogP contribution in [0.3, 0.4) is 0 Å². The van der Waals surface area contributed by atoms with Crippen molar-refractivity contribution in [1.29, 1.82) is 0 Å². The smallest absolute Gasteiger partial charge is 0.341 e. The lowest BCUT2D eigenvalue weighted by atomic mass is 10.1. The number of hydrogen-bond acceptors (Lipinski definition) is 4. The van der Waals surface area contributed by atoms with Gasteiger partial charge >= 0.3 is 5.97 Å². The van der Waals surface area contributed by atoms with Crippen LogP contribution in [0.15, 0.2) is 42.7 Å². The number of hydrogen-bond donors (Lipinski definition) is 1. The van der Waals surface area contributed by atoms with E-state index in [2.05, 4.69) is 53.1 Å². The van der Waals surface area contributed by atoms with Gasteiger partial charge in [0.1, 0.15) is 11.4 Å². The average Bonchev–Trinajstić information content (AvgIpc) is 3.44. The number of nitrogens with zero attached hydrogens (tertiary/aromatic N) is 2. The molecule has 0 bridgehead atoms. The van der Waals surface area contributed by atoms with Crippen LogP contribution in [0.4, 0.5) is 11.5 Å². The first kappa shape index (κ1) is 17.6. The van der Waals surface area contributed by atoms with Crippen LogP contribution in [0, 0.1) is 5.92 Å². The number of pyridine rings is 1. The number of ether oxygens (including phenoxy) is 1. The zero-order valence-corrected chi connectivity index (χ0v) is 16.0. The van der Waals surface area contributed by atoms with E-state index in [1.54, 1.807) is 0 Å². The number of nitrogens with one attached hydrogen (secondary N) is 1. The molecular formula is C22H25N3O2. The maximum absolute atomic E-state index is 12.3. The van der Waals surface area contributed by atoms with Crippen molar-refractivity contribution in [1.82, 2.24) is 9.55 Å². The molecule has 0 aliphatic heterocycles. The van der Waals surface area contributed by atoms with Crippen molar-refractivity contribution in [2.75, 3.05) is 12.4 Å². The number of carbonyl (C=O) groups excluding carboxylic acids is 1. The second kappa shape index (κ2) is 7.06. The maximum atomic E-state index is 12.3. The topological polar surface area (TPSA) is 56.1 Å². The molecule has 1 saturated carbocycles. The number of aromatic nitrogens is 2. The highest BCUT2D eigenvalue weighted by Crippen LogP contribution is 2.40. The molecule has 1 aromatic carbocycles. The van der Waals surface area contributed by atoms with Gasteiger partial charge in [-0.1, -0.05) is 19.9 Å². The summed E-state index contributed by atoms with van der Waals surface area (Å²) in [5.41, 5.74) is 3.67. The molecule has 4 rings (SSSR count). The van der Waals surface area contributed by atoms with E-state index in [9.17, 15) is 4.79 Å². The molecule has 0 radical (unpaired) electrons. The number of benzene rings is 1. The van der Waals surface area contributed by atoms with Crippen molar-refractivity contribution in [2.24, 2.45) is 5.92 Å². The van der Waals surface area contributed by atoms with Crippen LogP contribution in [0.25, 0.3) is 10.9 Å². The normalized spacial score (nSPS) is 13.9. The highest BCUT2D eigenvalue weighted by molar-refractivity contribution is 5.96. The van der Waals surface area contributed by atoms with Crippen LogP contribution < -0.4 is 5.32 Å². The molecule has 0 spiro atoms. The Morgan fingerprint density at radius 2 is 2.11 bits per heavy atom. The fourth-order valence-electron chi connectivity index (χ4n) is 3.44. The van der Waals surface area contributed by atoms with E-state index in [0.29, 0.717) is 23.2 Å². The van der Waals surface area contributed by atoms with E-state index in [4.69, 9.17) is 4.74 Å². The van der Waals surface area contributed by atoms with E-state index >= 15 is 0 Å². The number of rotatable bonds is 6. The lowest BCUT2D eigenvalue weighted by molar-refractivity contribution is 0.0601. The highest BCUT2D eigenvalue weighted by atomic mass is 16.5. The first-order valence-electron chi connectivity index (χ1n) is 9.49. The largest absolute Gasteiger partial charge is 0.465 e. The average molecular weight is 363 g/mol. The standard InChI is InChI=1S/C22H25N3O2/c1-14(2)13-25-9-8-16-6-7-18(11-20(16)25)24-21-19(22(26)27-3)10-17(12-23-21)15-4-5-15/h6-12,14-15H,4-5,13H2,1-3H3,(H,23,24). The molecule has 0 unspecified atom stereocenters. The van der Waals surface area contributed by atoms with E-state index in [0.717, 1.165) is 17.8 Å². The van der Waals surface area contributed by atoms with Gasteiger partial charge in [0.2, 0.25) is 0 Å². The van der Waals surface area contributed by atoms with Crippen molar-refractivity contribution in [3.63, 3.8) is 0 Å². The number of fused-ring (bicyclic) bond motifs is 1. The quantitative estimate of drug-likeness (QED) is 0.619.